The predicted octanol–water partition coefficient (Wildman–Crippen LogP) is 4.06. The number of likely N-dealkylation sites (N-methyl/N-ethyl adjacent to an activating group) is 1. The van der Waals surface area contributed by atoms with Gasteiger partial charge in [-0.25, -0.2) is 0 Å². The molecule has 0 aliphatic carbocycles. The van der Waals surface area contributed by atoms with Crippen LogP contribution in [0.2, 0.25) is 0 Å². The molecule has 3 unspecified atom stereocenters. The quantitative estimate of drug-likeness (QED) is 0.224. The summed E-state index contributed by atoms with van der Waals surface area (Å²) in [6.07, 6.45) is 1.92. The number of methoxy groups -OCH3 is 2. The molecule has 0 saturated carbocycles. The van der Waals surface area contributed by atoms with Crippen molar-refractivity contribution in [2.45, 2.75) is 83.6 Å². The molecule has 246 valence electrons. The van der Waals surface area contributed by atoms with Crippen LogP contribution in [0.3, 0.4) is 0 Å². The molecule has 2 aromatic rings. The Morgan fingerprint density at radius 3 is 2.50 bits per heavy atom. The van der Waals surface area contributed by atoms with Crippen LogP contribution < -0.4 is 23.7 Å². The van der Waals surface area contributed by atoms with Crippen LogP contribution in [0.1, 0.15) is 72.2 Å². The molecule has 4 aliphatic heterocycles. The van der Waals surface area contributed by atoms with Gasteiger partial charge in [0.05, 0.1) is 25.3 Å². The van der Waals surface area contributed by atoms with E-state index in [2.05, 4.69) is 21.9 Å². The van der Waals surface area contributed by atoms with Gasteiger partial charge in [-0.2, -0.15) is 5.26 Å². The minimum absolute atomic E-state index is 0.000293. The lowest BCUT2D eigenvalue weighted by molar-refractivity contribution is -0.149. The third-order valence-corrected chi connectivity index (χ3v) is 9.67. The molecule has 0 N–H and O–H groups in total. The van der Waals surface area contributed by atoms with E-state index in [0.717, 1.165) is 27.8 Å². The van der Waals surface area contributed by atoms with Crippen molar-refractivity contribution >= 4 is 11.9 Å². The summed E-state index contributed by atoms with van der Waals surface area (Å²) in [6, 6.07) is 2.82. The van der Waals surface area contributed by atoms with Gasteiger partial charge in [0.1, 0.15) is 18.4 Å². The summed E-state index contributed by atoms with van der Waals surface area (Å²) in [4.78, 5) is 29.7. The van der Waals surface area contributed by atoms with Gasteiger partial charge in [-0.05, 0) is 51.3 Å². The molecular formula is C34H41N3O9. The maximum Gasteiger partial charge on any atom is 0.308 e. The summed E-state index contributed by atoms with van der Waals surface area (Å²) < 4.78 is 41.2. The van der Waals surface area contributed by atoms with E-state index in [1.807, 2.05) is 27.8 Å². The van der Waals surface area contributed by atoms with Gasteiger partial charge in [-0.1, -0.05) is 13.0 Å². The first kappa shape index (κ1) is 31.9. The molecule has 1 saturated heterocycles. The largest absolute Gasteiger partial charge is 0.493 e. The number of fused-ring (bicyclic) bond motifs is 9. The van der Waals surface area contributed by atoms with E-state index in [0.29, 0.717) is 53.6 Å². The first-order chi connectivity index (χ1) is 22.2. The van der Waals surface area contributed by atoms with Crippen LogP contribution in [0.25, 0.3) is 0 Å². The van der Waals surface area contributed by atoms with Gasteiger partial charge >= 0.3 is 11.9 Å². The number of carbonyl (C=O) groups is 2. The fraction of sp³-hybridized carbons (Fsp3) is 0.559. The molecule has 1 fully saturated rings. The van der Waals surface area contributed by atoms with Gasteiger partial charge in [0.25, 0.3) is 0 Å². The van der Waals surface area contributed by atoms with Crippen molar-refractivity contribution in [1.82, 2.24) is 9.80 Å². The molecule has 4 heterocycles. The van der Waals surface area contributed by atoms with E-state index >= 15 is 0 Å². The zero-order chi connectivity index (χ0) is 32.9. The van der Waals surface area contributed by atoms with Crippen molar-refractivity contribution < 1.29 is 42.7 Å². The Bertz CT molecular complexity index is 1600. The summed E-state index contributed by atoms with van der Waals surface area (Å²) in [5, 5.41) is 10.8. The van der Waals surface area contributed by atoms with E-state index in [9.17, 15) is 14.9 Å². The number of ether oxygens (including phenoxy) is 7. The first-order valence-corrected chi connectivity index (χ1v) is 15.7. The Labute approximate surface area is 269 Å². The van der Waals surface area contributed by atoms with Crippen LogP contribution in [0.5, 0.6) is 28.7 Å². The fourth-order valence-corrected chi connectivity index (χ4v) is 7.96. The molecule has 0 spiro atoms. The second kappa shape index (κ2) is 12.6. The first-order valence-electron chi connectivity index (χ1n) is 15.7. The minimum Gasteiger partial charge on any atom is -0.493 e. The number of nitriles is 1. The van der Waals surface area contributed by atoms with E-state index in [1.165, 1.54) is 6.92 Å². The molecule has 0 radical (unpaired) electrons. The summed E-state index contributed by atoms with van der Waals surface area (Å²) >= 11 is 0. The van der Waals surface area contributed by atoms with Crippen LogP contribution >= 0.6 is 0 Å². The van der Waals surface area contributed by atoms with Crippen molar-refractivity contribution in [3.8, 4) is 34.8 Å². The fourth-order valence-electron chi connectivity index (χ4n) is 7.96. The van der Waals surface area contributed by atoms with Crippen LogP contribution in [0.15, 0.2) is 6.07 Å². The molecule has 2 aromatic carbocycles. The second-order valence-electron chi connectivity index (χ2n) is 12.3. The maximum atomic E-state index is 12.8. The highest BCUT2D eigenvalue weighted by molar-refractivity contribution is 5.74. The summed E-state index contributed by atoms with van der Waals surface area (Å²) in [5.41, 5.74) is 5.10. The highest BCUT2D eigenvalue weighted by atomic mass is 16.7. The van der Waals surface area contributed by atoms with Gasteiger partial charge in [0.15, 0.2) is 29.8 Å². The molecule has 2 bridgehead atoms. The Morgan fingerprint density at radius 1 is 1.07 bits per heavy atom. The second-order valence-corrected chi connectivity index (χ2v) is 12.3. The molecule has 12 nitrogen and oxygen atoms in total. The zero-order valence-electron chi connectivity index (χ0n) is 27.4. The molecule has 0 amide bonds. The number of hydrogen-bond donors (Lipinski definition) is 0. The molecular weight excluding hydrogens is 594 g/mol. The number of carbonyl (C=O) groups excluding carboxylic acids is 2. The SMILES string of the molecule is CCCC(=O)OC[C@H]1c2c(c(OC(C)=O)c(C)c3c2OCO3)CC2C3c4c(cc(C)c(OC)c4OCOC)CC([C@H](C#N)N21)N3C. The van der Waals surface area contributed by atoms with Crippen molar-refractivity contribution in [2.75, 3.05) is 41.5 Å². The van der Waals surface area contributed by atoms with E-state index < -0.39 is 18.1 Å². The molecule has 0 aromatic heterocycles. The lowest BCUT2D eigenvalue weighted by Crippen LogP contribution is -2.68. The third kappa shape index (κ3) is 5.01. The lowest BCUT2D eigenvalue weighted by Gasteiger charge is -2.59. The van der Waals surface area contributed by atoms with Crippen LogP contribution in [-0.4, -0.2) is 81.3 Å². The molecule has 12 heteroatoms. The summed E-state index contributed by atoms with van der Waals surface area (Å²) in [6.45, 7) is 7.12. The number of rotatable bonds is 9. The molecule has 5 atom stereocenters. The van der Waals surface area contributed by atoms with Crippen molar-refractivity contribution in [1.29, 1.82) is 5.26 Å². The van der Waals surface area contributed by atoms with Crippen LogP contribution in [-0.2, 0) is 31.9 Å². The van der Waals surface area contributed by atoms with E-state index in [1.54, 1.807) is 14.2 Å². The van der Waals surface area contributed by atoms with Gasteiger partial charge in [0, 0.05) is 54.8 Å². The number of benzene rings is 2. The monoisotopic (exact) mass is 635 g/mol. The summed E-state index contributed by atoms with van der Waals surface area (Å²) in [7, 11) is 5.23. The van der Waals surface area contributed by atoms with Crippen molar-refractivity contribution in [3.63, 3.8) is 0 Å². The smallest absolute Gasteiger partial charge is 0.308 e. The number of nitrogens with zero attached hydrogens (tertiary/aromatic N) is 3. The van der Waals surface area contributed by atoms with Gasteiger partial charge < -0.3 is 33.2 Å². The third-order valence-electron chi connectivity index (χ3n) is 9.67. The standard InChI is InChI=1S/C34H41N3O9/c1-8-9-26(39)42-14-25-28-21(31(46-19(4)38)18(3)32-34(28)45-16-44-32)12-23-29-27-20(11-22(36(29)5)24(13-35)37(23)25)10-17(2)30(41-7)33(27)43-15-40-6/h10,22-25,29H,8-9,11-12,14-16H2,1-7H3/t22?,23?,24-,25-,29?/m0/s1. The topological polar surface area (TPSA) is 129 Å². The summed E-state index contributed by atoms with van der Waals surface area (Å²) in [5.74, 6) is 1.86. The number of piperazine rings is 1. The van der Waals surface area contributed by atoms with E-state index in [-0.39, 0.29) is 50.7 Å². The number of esters is 2. The van der Waals surface area contributed by atoms with Crippen molar-refractivity contribution in [2.24, 2.45) is 0 Å². The van der Waals surface area contributed by atoms with E-state index in [4.69, 9.17) is 33.2 Å². The highest BCUT2D eigenvalue weighted by Gasteiger charge is 2.57. The Kier molecular flexibility index (Phi) is 8.76. The van der Waals surface area contributed by atoms with Crippen LogP contribution in [0, 0.1) is 25.2 Å². The Morgan fingerprint density at radius 2 is 1.83 bits per heavy atom. The number of aryl methyl sites for hydroxylation is 1. The van der Waals surface area contributed by atoms with Crippen LogP contribution in [0.4, 0.5) is 0 Å². The number of hydrogen-bond acceptors (Lipinski definition) is 12. The zero-order valence-corrected chi connectivity index (χ0v) is 27.4. The molecule has 6 rings (SSSR count). The lowest BCUT2D eigenvalue weighted by atomic mass is 9.71. The van der Waals surface area contributed by atoms with Crippen molar-refractivity contribution in [3.05, 3.63) is 39.4 Å². The van der Waals surface area contributed by atoms with Gasteiger partial charge in [0.2, 0.25) is 6.79 Å². The average molecular weight is 636 g/mol. The molecule has 46 heavy (non-hydrogen) atoms. The van der Waals surface area contributed by atoms with Gasteiger partial charge in [-0.3, -0.25) is 19.4 Å². The molecule has 4 aliphatic rings. The highest BCUT2D eigenvalue weighted by Crippen LogP contribution is 2.58. The predicted molar refractivity (Wildman–Crippen MR) is 164 cm³/mol. The minimum atomic E-state index is -0.583. The Balaban J connectivity index is 1.60. The maximum absolute atomic E-state index is 12.8. The Hall–Kier alpha value is -4.05. The van der Waals surface area contributed by atoms with Gasteiger partial charge in [-0.15, -0.1) is 0 Å². The average Bonchev–Trinajstić information content (AvgIpc) is 3.51. The normalized spacial score (nSPS) is 24.3.